The molecule has 0 aliphatic heterocycles. The number of nitrogens with zero attached hydrogens (tertiary/aromatic N) is 2. The molecular weight excluding hydrogens is 242 g/mol. The second-order valence-corrected chi connectivity index (χ2v) is 5.18. The van der Waals surface area contributed by atoms with E-state index in [1.165, 1.54) is 4.88 Å². The van der Waals surface area contributed by atoms with Crippen LogP contribution in [-0.2, 0) is 6.54 Å². The number of hydrogen-bond acceptors (Lipinski definition) is 4. The highest BCUT2D eigenvalue weighted by atomic mass is 32.1. The molecule has 1 atom stereocenters. The first-order valence-electron chi connectivity index (χ1n) is 6.22. The van der Waals surface area contributed by atoms with Crippen LogP contribution < -0.4 is 5.73 Å². The van der Waals surface area contributed by atoms with Gasteiger partial charge in [0.05, 0.1) is 11.7 Å². The molecule has 0 fully saturated rings. The molecule has 2 aromatic heterocycles. The van der Waals surface area contributed by atoms with E-state index in [1.807, 2.05) is 18.3 Å². The van der Waals surface area contributed by atoms with E-state index in [2.05, 4.69) is 40.4 Å². The van der Waals surface area contributed by atoms with Gasteiger partial charge in [-0.25, -0.2) is 0 Å². The van der Waals surface area contributed by atoms with Gasteiger partial charge in [0.1, 0.15) is 0 Å². The van der Waals surface area contributed by atoms with E-state index in [0.717, 1.165) is 18.8 Å². The number of aromatic nitrogens is 1. The van der Waals surface area contributed by atoms with E-state index in [-0.39, 0.29) is 6.04 Å². The van der Waals surface area contributed by atoms with Gasteiger partial charge in [0.25, 0.3) is 0 Å². The van der Waals surface area contributed by atoms with Gasteiger partial charge in [-0.1, -0.05) is 19.1 Å². The summed E-state index contributed by atoms with van der Waals surface area (Å²) in [6.07, 6.45) is 1.83. The van der Waals surface area contributed by atoms with Crippen molar-refractivity contribution >= 4 is 11.3 Å². The summed E-state index contributed by atoms with van der Waals surface area (Å²) in [5.74, 6) is 0. The second kappa shape index (κ2) is 6.64. The zero-order chi connectivity index (χ0) is 12.8. The van der Waals surface area contributed by atoms with Gasteiger partial charge < -0.3 is 5.73 Å². The fourth-order valence-corrected chi connectivity index (χ4v) is 2.80. The Balaban J connectivity index is 2.14. The minimum atomic E-state index is 0.193. The monoisotopic (exact) mass is 261 g/mol. The Hall–Kier alpha value is -1.23. The number of hydrogen-bond donors (Lipinski definition) is 1. The maximum atomic E-state index is 5.93. The van der Waals surface area contributed by atoms with Gasteiger partial charge in [-0.3, -0.25) is 9.88 Å². The minimum absolute atomic E-state index is 0.193. The lowest BCUT2D eigenvalue weighted by molar-refractivity contribution is 0.201. The molecule has 1 unspecified atom stereocenters. The van der Waals surface area contributed by atoms with Crippen molar-refractivity contribution in [2.75, 3.05) is 13.1 Å². The molecule has 0 amide bonds. The Morgan fingerprint density at radius 1 is 1.33 bits per heavy atom. The lowest BCUT2D eigenvalue weighted by atomic mass is 10.1. The summed E-state index contributed by atoms with van der Waals surface area (Å²) in [5.41, 5.74) is 6.99. The van der Waals surface area contributed by atoms with Gasteiger partial charge in [0.2, 0.25) is 0 Å². The van der Waals surface area contributed by atoms with Crippen molar-refractivity contribution in [2.45, 2.75) is 19.5 Å². The van der Waals surface area contributed by atoms with E-state index in [4.69, 9.17) is 5.73 Å². The molecule has 0 saturated carbocycles. The summed E-state index contributed by atoms with van der Waals surface area (Å²) >= 11 is 1.79. The zero-order valence-electron chi connectivity index (χ0n) is 10.6. The van der Waals surface area contributed by atoms with E-state index in [9.17, 15) is 0 Å². The quantitative estimate of drug-likeness (QED) is 0.869. The van der Waals surface area contributed by atoms with E-state index in [0.29, 0.717) is 6.54 Å². The number of pyridine rings is 1. The molecule has 3 nitrogen and oxygen atoms in total. The van der Waals surface area contributed by atoms with Gasteiger partial charge in [0, 0.05) is 24.2 Å². The molecule has 0 saturated heterocycles. The molecule has 0 aliphatic rings. The molecule has 2 heterocycles. The SMILES string of the molecule is CCN(Cc1cccs1)C(CN)c1ccccn1. The molecule has 0 radical (unpaired) electrons. The molecule has 2 N–H and O–H groups in total. The molecule has 18 heavy (non-hydrogen) atoms. The number of likely N-dealkylation sites (N-methyl/N-ethyl adjacent to an activating group) is 1. The fraction of sp³-hybridized carbons (Fsp3) is 0.357. The summed E-state index contributed by atoms with van der Waals surface area (Å²) in [4.78, 5) is 8.17. The van der Waals surface area contributed by atoms with Crippen LogP contribution in [0.25, 0.3) is 0 Å². The van der Waals surface area contributed by atoms with Crippen molar-refractivity contribution in [3.63, 3.8) is 0 Å². The normalized spacial score (nSPS) is 12.8. The Kier molecular flexibility index (Phi) is 4.87. The molecule has 0 spiro atoms. The predicted molar refractivity (Wildman–Crippen MR) is 76.4 cm³/mol. The maximum absolute atomic E-state index is 5.93. The molecule has 0 aliphatic carbocycles. The Morgan fingerprint density at radius 3 is 2.78 bits per heavy atom. The average molecular weight is 261 g/mol. The van der Waals surface area contributed by atoms with Crippen LogP contribution >= 0.6 is 11.3 Å². The van der Waals surface area contributed by atoms with Gasteiger partial charge in [-0.05, 0) is 30.1 Å². The molecule has 0 aromatic carbocycles. The summed E-state index contributed by atoms with van der Waals surface area (Å²) in [7, 11) is 0. The first-order valence-corrected chi connectivity index (χ1v) is 7.10. The average Bonchev–Trinajstić information content (AvgIpc) is 2.92. The van der Waals surface area contributed by atoms with Gasteiger partial charge in [0.15, 0.2) is 0 Å². The van der Waals surface area contributed by atoms with Crippen molar-refractivity contribution in [3.8, 4) is 0 Å². The summed E-state index contributed by atoms with van der Waals surface area (Å²) in [5, 5.41) is 2.11. The highest BCUT2D eigenvalue weighted by molar-refractivity contribution is 7.09. The Morgan fingerprint density at radius 2 is 2.22 bits per heavy atom. The van der Waals surface area contributed by atoms with Crippen LogP contribution in [0.5, 0.6) is 0 Å². The summed E-state index contributed by atoms with van der Waals surface area (Å²) in [6, 6.07) is 10.5. The van der Waals surface area contributed by atoms with E-state index in [1.54, 1.807) is 11.3 Å². The Bertz CT molecular complexity index is 441. The largest absolute Gasteiger partial charge is 0.329 e. The molecule has 96 valence electrons. The maximum Gasteiger partial charge on any atom is 0.0647 e. The Labute approximate surface area is 112 Å². The van der Waals surface area contributed by atoms with Gasteiger partial charge in [-0.15, -0.1) is 11.3 Å². The van der Waals surface area contributed by atoms with E-state index < -0.39 is 0 Å². The van der Waals surface area contributed by atoms with Crippen LogP contribution in [0.1, 0.15) is 23.5 Å². The second-order valence-electron chi connectivity index (χ2n) is 4.15. The third kappa shape index (κ3) is 3.16. The lowest BCUT2D eigenvalue weighted by Gasteiger charge is -2.28. The predicted octanol–water partition coefficient (Wildman–Crippen LogP) is 2.67. The molecule has 0 bridgehead atoms. The van der Waals surface area contributed by atoms with Crippen LogP contribution in [0.3, 0.4) is 0 Å². The van der Waals surface area contributed by atoms with Crippen LogP contribution in [0.4, 0.5) is 0 Å². The summed E-state index contributed by atoms with van der Waals surface area (Å²) < 4.78 is 0. The van der Waals surface area contributed by atoms with Crippen molar-refractivity contribution in [2.24, 2.45) is 5.73 Å². The van der Waals surface area contributed by atoms with Crippen molar-refractivity contribution < 1.29 is 0 Å². The van der Waals surface area contributed by atoms with Crippen molar-refractivity contribution in [1.29, 1.82) is 0 Å². The highest BCUT2D eigenvalue weighted by Gasteiger charge is 2.19. The van der Waals surface area contributed by atoms with Crippen molar-refractivity contribution in [3.05, 3.63) is 52.5 Å². The number of rotatable bonds is 6. The van der Waals surface area contributed by atoms with Crippen LogP contribution in [-0.4, -0.2) is 23.0 Å². The van der Waals surface area contributed by atoms with Crippen LogP contribution in [0.2, 0.25) is 0 Å². The number of thiophene rings is 1. The topological polar surface area (TPSA) is 42.1 Å². The van der Waals surface area contributed by atoms with Crippen LogP contribution in [0.15, 0.2) is 41.9 Å². The zero-order valence-corrected chi connectivity index (χ0v) is 11.4. The van der Waals surface area contributed by atoms with Gasteiger partial charge >= 0.3 is 0 Å². The third-order valence-corrected chi connectivity index (χ3v) is 3.90. The van der Waals surface area contributed by atoms with Crippen LogP contribution in [0, 0.1) is 0 Å². The smallest absolute Gasteiger partial charge is 0.0647 e. The summed E-state index contributed by atoms with van der Waals surface area (Å²) in [6.45, 7) is 4.67. The fourth-order valence-electron chi connectivity index (χ4n) is 2.08. The van der Waals surface area contributed by atoms with E-state index >= 15 is 0 Å². The minimum Gasteiger partial charge on any atom is -0.329 e. The lowest BCUT2D eigenvalue weighted by Crippen LogP contribution is -2.33. The molecule has 4 heteroatoms. The van der Waals surface area contributed by atoms with Crippen molar-refractivity contribution in [1.82, 2.24) is 9.88 Å². The van der Waals surface area contributed by atoms with Gasteiger partial charge in [-0.2, -0.15) is 0 Å². The first-order chi connectivity index (χ1) is 8.85. The number of nitrogens with two attached hydrogens (primary N) is 1. The molecule has 2 aromatic rings. The highest BCUT2D eigenvalue weighted by Crippen LogP contribution is 2.21. The first kappa shape index (κ1) is 13.2. The molecule has 2 rings (SSSR count). The third-order valence-electron chi connectivity index (χ3n) is 3.04. The molecular formula is C14H19N3S. The standard InChI is InChI=1S/C14H19N3S/c1-2-17(11-12-6-5-9-18-12)14(10-15)13-7-3-4-8-16-13/h3-9,14H,2,10-11,15H2,1H3.